The van der Waals surface area contributed by atoms with Crippen molar-refractivity contribution in [1.29, 1.82) is 0 Å². The van der Waals surface area contributed by atoms with Crippen molar-refractivity contribution in [3.8, 4) is 11.5 Å². The zero-order valence-corrected chi connectivity index (χ0v) is 23.4. The highest BCUT2D eigenvalue weighted by atomic mass is 16.3. The molecule has 0 unspecified atom stereocenters. The van der Waals surface area contributed by atoms with Crippen molar-refractivity contribution in [2.75, 3.05) is 0 Å². The van der Waals surface area contributed by atoms with Gasteiger partial charge in [0.15, 0.2) is 0 Å². The SMILES string of the molecule is Cc1cc(C2CCCC2)c(O)c(Cc2c(O)c(C3CCCC3)cc(C)c2C2CCCC2)c1C1CCCC1. The molecule has 0 bridgehead atoms. The Morgan fingerprint density at radius 3 is 1.14 bits per heavy atom. The van der Waals surface area contributed by atoms with Gasteiger partial charge >= 0.3 is 0 Å². The Morgan fingerprint density at radius 1 is 0.514 bits per heavy atom. The minimum absolute atomic E-state index is 0.490. The van der Waals surface area contributed by atoms with Crippen LogP contribution in [0.1, 0.15) is 171 Å². The second-order valence-corrected chi connectivity index (χ2v) is 13.1. The van der Waals surface area contributed by atoms with Gasteiger partial charge in [-0.3, -0.25) is 0 Å². The quantitative estimate of drug-likeness (QED) is 0.414. The molecule has 0 radical (unpaired) electrons. The second kappa shape index (κ2) is 10.7. The number of hydrogen-bond acceptors (Lipinski definition) is 2. The maximum Gasteiger partial charge on any atom is 0.122 e. The first-order valence-electron chi connectivity index (χ1n) is 15.7. The van der Waals surface area contributed by atoms with Crippen molar-refractivity contribution in [2.24, 2.45) is 0 Å². The summed E-state index contributed by atoms with van der Waals surface area (Å²) in [5, 5.41) is 24.0. The van der Waals surface area contributed by atoms with E-state index in [1.807, 2.05) is 0 Å². The van der Waals surface area contributed by atoms with Crippen LogP contribution in [0.25, 0.3) is 0 Å². The van der Waals surface area contributed by atoms with Crippen LogP contribution in [0.5, 0.6) is 11.5 Å². The summed E-state index contributed by atoms with van der Waals surface area (Å²) in [5.74, 6) is 3.22. The van der Waals surface area contributed by atoms with Crippen LogP contribution < -0.4 is 0 Å². The van der Waals surface area contributed by atoms with Gasteiger partial charge in [0.25, 0.3) is 0 Å². The number of hydrogen-bond donors (Lipinski definition) is 2. The molecule has 0 aliphatic heterocycles. The van der Waals surface area contributed by atoms with Gasteiger partial charge in [0.2, 0.25) is 0 Å². The van der Waals surface area contributed by atoms with Gasteiger partial charge in [-0.25, -0.2) is 0 Å². The number of phenolic OH excluding ortho intramolecular Hbond substituents is 2. The molecule has 0 heterocycles. The first-order chi connectivity index (χ1) is 18.0. The van der Waals surface area contributed by atoms with E-state index in [-0.39, 0.29) is 0 Å². The van der Waals surface area contributed by atoms with E-state index < -0.39 is 0 Å². The molecule has 4 saturated carbocycles. The van der Waals surface area contributed by atoms with Gasteiger partial charge in [-0.15, -0.1) is 0 Å². The summed E-state index contributed by atoms with van der Waals surface area (Å²) in [6.45, 7) is 4.60. The molecule has 0 spiro atoms. The molecular formula is C35H48O2. The average molecular weight is 501 g/mol. The maximum absolute atomic E-state index is 12.0. The lowest BCUT2D eigenvalue weighted by molar-refractivity contribution is 0.445. The van der Waals surface area contributed by atoms with Crippen LogP contribution in [-0.4, -0.2) is 10.2 Å². The normalized spacial score (nSPS) is 22.1. The van der Waals surface area contributed by atoms with Crippen molar-refractivity contribution >= 4 is 0 Å². The molecule has 37 heavy (non-hydrogen) atoms. The summed E-state index contributed by atoms with van der Waals surface area (Å²) in [5.41, 5.74) is 10.3. The fourth-order valence-corrected chi connectivity index (χ4v) is 9.03. The Kier molecular flexibility index (Phi) is 7.30. The average Bonchev–Trinajstić information content (AvgIpc) is 3.71. The van der Waals surface area contributed by atoms with Gasteiger partial charge in [-0.2, -0.15) is 0 Å². The van der Waals surface area contributed by atoms with E-state index in [2.05, 4.69) is 26.0 Å². The van der Waals surface area contributed by atoms with Gasteiger partial charge < -0.3 is 10.2 Å². The molecular weight excluding hydrogens is 452 g/mol. The Labute approximate surface area is 224 Å². The van der Waals surface area contributed by atoms with Crippen molar-refractivity contribution in [1.82, 2.24) is 0 Å². The summed E-state index contributed by atoms with van der Waals surface area (Å²) in [6, 6.07) is 4.70. The van der Waals surface area contributed by atoms with E-state index in [4.69, 9.17) is 0 Å². The highest BCUT2D eigenvalue weighted by molar-refractivity contribution is 5.59. The fraction of sp³-hybridized carbons (Fsp3) is 0.657. The summed E-state index contributed by atoms with van der Waals surface area (Å²) in [7, 11) is 0. The van der Waals surface area contributed by atoms with E-state index in [0.717, 1.165) is 11.1 Å². The molecule has 4 aliphatic carbocycles. The predicted molar refractivity (Wildman–Crippen MR) is 153 cm³/mol. The van der Waals surface area contributed by atoms with E-state index >= 15 is 0 Å². The fourth-order valence-electron chi connectivity index (χ4n) is 9.03. The van der Waals surface area contributed by atoms with E-state index in [1.165, 1.54) is 136 Å². The van der Waals surface area contributed by atoms with E-state index in [1.54, 1.807) is 0 Å². The minimum atomic E-state index is 0.490. The Morgan fingerprint density at radius 2 is 0.811 bits per heavy atom. The molecule has 2 N–H and O–H groups in total. The molecule has 2 heteroatoms. The summed E-state index contributed by atoms with van der Waals surface area (Å²) in [4.78, 5) is 0. The molecule has 2 nitrogen and oxygen atoms in total. The molecule has 2 aromatic rings. The number of aryl methyl sites for hydroxylation is 2. The van der Waals surface area contributed by atoms with Crippen LogP contribution in [0.15, 0.2) is 12.1 Å². The maximum atomic E-state index is 12.0. The van der Waals surface area contributed by atoms with Crippen LogP contribution in [0.2, 0.25) is 0 Å². The molecule has 200 valence electrons. The standard InChI is InChI=1S/C35H48O2/c1-22-19-28(24-11-3-4-12-24)34(36)30(32(22)26-15-7-8-16-26)21-31-33(27-17-9-10-18-27)23(2)20-29(35(31)37)25-13-5-6-14-25/h19-20,24-27,36-37H,3-18,21H2,1-2H3. The monoisotopic (exact) mass is 500 g/mol. The predicted octanol–water partition coefficient (Wildman–Crippen LogP) is 9.94. The third kappa shape index (κ3) is 4.72. The van der Waals surface area contributed by atoms with Gasteiger partial charge in [0.05, 0.1) is 0 Å². The third-order valence-electron chi connectivity index (χ3n) is 10.8. The van der Waals surface area contributed by atoms with Crippen LogP contribution in [-0.2, 0) is 6.42 Å². The number of benzene rings is 2. The number of aromatic hydroxyl groups is 2. The molecule has 0 amide bonds. The van der Waals surface area contributed by atoms with Crippen molar-refractivity contribution in [3.63, 3.8) is 0 Å². The molecule has 4 aliphatic rings. The first-order valence-corrected chi connectivity index (χ1v) is 15.7. The molecule has 2 aromatic carbocycles. The highest BCUT2D eigenvalue weighted by Crippen LogP contribution is 2.50. The Hall–Kier alpha value is -1.96. The van der Waals surface area contributed by atoms with Crippen LogP contribution >= 0.6 is 0 Å². The van der Waals surface area contributed by atoms with Crippen LogP contribution in [0.3, 0.4) is 0 Å². The smallest absolute Gasteiger partial charge is 0.122 e. The molecule has 0 saturated heterocycles. The summed E-state index contributed by atoms with van der Waals surface area (Å²) in [6.07, 6.45) is 20.7. The van der Waals surface area contributed by atoms with Crippen LogP contribution in [0, 0.1) is 13.8 Å². The number of phenols is 2. The minimum Gasteiger partial charge on any atom is -0.507 e. The Bertz CT molecular complexity index is 1030. The lowest BCUT2D eigenvalue weighted by atomic mass is 9.78. The Balaban J connectivity index is 1.52. The van der Waals surface area contributed by atoms with E-state index in [9.17, 15) is 10.2 Å². The molecule has 6 rings (SSSR count). The van der Waals surface area contributed by atoms with Gasteiger partial charge in [-0.1, -0.05) is 63.5 Å². The zero-order chi connectivity index (χ0) is 25.5. The summed E-state index contributed by atoms with van der Waals surface area (Å²) < 4.78 is 0. The van der Waals surface area contributed by atoms with Gasteiger partial charge in [0.1, 0.15) is 11.5 Å². The first kappa shape index (κ1) is 25.3. The lowest BCUT2D eigenvalue weighted by Crippen LogP contribution is -2.11. The van der Waals surface area contributed by atoms with Crippen molar-refractivity contribution in [3.05, 3.63) is 56.6 Å². The zero-order valence-electron chi connectivity index (χ0n) is 23.4. The van der Waals surface area contributed by atoms with E-state index in [0.29, 0.717) is 41.6 Å². The number of rotatable bonds is 6. The summed E-state index contributed by atoms with van der Waals surface area (Å²) >= 11 is 0. The highest BCUT2D eigenvalue weighted by Gasteiger charge is 2.32. The van der Waals surface area contributed by atoms with Gasteiger partial charge in [0, 0.05) is 17.5 Å². The van der Waals surface area contributed by atoms with Crippen LogP contribution in [0.4, 0.5) is 0 Å². The second-order valence-electron chi connectivity index (χ2n) is 13.1. The lowest BCUT2D eigenvalue weighted by Gasteiger charge is -2.28. The molecule has 0 atom stereocenters. The molecule has 4 fully saturated rings. The van der Waals surface area contributed by atoms with Crippen molar-refractivity contribution < 1.29 is 10.2 Å². The topological polar surface area (TPSA) is 40.5 Å². The largest absolute Gasteiger partial charge is 0.507 e. The third-order valence-corrected chi connectivity index (χ3v) is 10.8. The molecule has 0 aromatic heterocycles. The van der Waals surface area contributed by atoms with Crippen molar-refractivity contribution in [2.45, 2.75) is 147 Å². The van der Waals surface area contributed by atoms with Gasteiger partial charge in [-0.05, 0) is 122 Å².